The molecule has 0 saturated carbocycles. The average molecular weight is 502 g/mol. The van der Waals surface area contributed by atoms with Gasteiger partial charge in [-0.1, -0.05) is 42.3 Å². The maximum atomic E-state index is 13.0. The Morgan fingerprint density at radius 1 is 1.21 bits per heavy atom. The van der Waals surface area contributed by atoms with Crippen LogP contribution in [0.25, 0.3) is 0 Å². The molecule has 0 aromatic heterocycles. The molecule has 0 aliphatic carbocycles. The molecule has 0 aliphatic heterocycles. The maximum Gasteiger partial charge on any atom is 0.261 e. The van der Waals surface area contributed by atoms with Crippen LogP contribution in [-0.2, 0) is 22.6 Å². The van der Waals surface area contributed by atoms with E-state index in [1.807, 2.05) is 18.2 Å². The van der Waals surface area contributed by atoms with Gasteiger partial charge in [0.1, 0.15) is 11.8 Å². The number of carbonyl (C=O) groups is 2. The highest BCUT2D eigenvalue weighted by atomic mass is 79.9. The van der Waals surface area contributed by atoms with E-state index in [-0.39, 0.29) is 25.0 Å². The minimum Gasteiger partial charge on any atom is -0.483 e. The fourth-order valence-corrected chi connectivity index (χ4v) is 3.81. The number of likely N-dealkylation sites (N-methyl/N-ethyl adjacent to an activating group) is 1. The zero-order valence-electron chi connectivity index (χ0n) is 16.5. The van der Waals surface area contributed by atoms with E-state index >= 15 is 0 Å². The summed E-state index contributed by atoms with van der Waals surface area (Å²) in [5.74, 6) is -0.0996. The lowest BCUT2D eigenvalue weighted by Gasteiger charge is -2.29. The Bertz CT molecular complexity index is 872. The second-order valence-electron chi connectivity index (χ2n) is 6.42. The summed E-state index contributed by atoms with van der Waals surface area (Å²) in [6.45, 7) is 3.57. The average Bonchev–Trinajstić information content (AvgIpc) is 2.71. The first-order valence-electron chi connectivity index (χ1n) is 9.13. The Labute approximate surface area is 189 Å². The van der Waals surface area contributed by atoms with E-state index in [2.05, 4.69) is 28.2 Å². The summed E-state index contributed by atoms with van der Waals surface area (Å²) in [7, 11) is 1.52. The predicted molar refractivity (Wildman–Crippen MR) is 120 cm³/mol. The van der Waals surface area contributed by atoms with Crippen LogP contribution in [0.15, 0.2) is 40.9 Å². The number of hydrogen-bond donors (Lipinski definition) is 1. The smallest absolute Gasteiger partial charge is 0.261 e. The number of nitrogens with one attached hydrogen (secondary N) is 1. The van der Waals surface area contributed by atoms with Gasteiger partial charge in [0.25, 0.3) is 5.91 Å². The van der Waals surface area contributed by atoms with Crippen LogP contribution in [0.3, 0.4) is 0 Å². The standard InChI is InChI=1S/C21H23BrCl2N2O3/c1-4-14-8-9-19(16(22)10-14)29-12-20(27)26(13(2)21(28)25-3)11-15-17(23)6-5-7-18(15)24/h5-10,13H,4,11-12H2,1-3H3,(H,25,28)/t13-/m1/s1. The van der Waals surface area contributed by atoms with Crippen molar-refractivity contribution < 1.29 is 14.3 Å². The van der Waals surface area contributed by atoms with E-state index in [0.29, 0.717) is 21.4 Å². The van der Waals surface area contributed by atoms with Gasteiger partial charge in [-0.3, -0.25) is 9.59 Å². The Morgan fingerprint density at radius 2 is 1.86 bits per heavy atom. The molecule has 0 radical (unpaired) electrons. The van der Waals surface area contributed by atoms with Gasteiger partial charge in [0.2, 0.25) is 5.91 Å². The summed E-state index contributed by atoms with van der Waals surface area (Å²) >= 11 is 16.0. The molecule has 1 atom stereocenters. The molecule has 2 amide bonds. The second kappa shape index (κ2) is 10.9. The van der Waals surface area contributed by atoms with Crippen molar-refractivity contribution in [3.05, 3.63) is 62.0 Å². The first kappa shape index (κ1) is 23.5. The van der Waals surface area contributed by atoms with E-state index in [4.69, 9.17) is 27.9 Å². The normalized spacial score (nSPS) is 11.7. The van der Waals surface area contributed by atoms with Crippen molar-refractivity contribution in [2.75, 3.05) is 13.7 Å². The molecular weight excluding hydrogens is 479 g/mol. The van der Waals surface area contributed by atoms with Crippen molar-refractivity contribution >= 4 is 50.9 Å². The highest BCUT2D eigenvalue weighted by molar-refractivity contribution is 9.10. The van der Waals surface area contributed by atoms with Gasteiger partial charge in [0, 0.05) is 29.2 Å². The highest BCUT2D eigenvalue weighted by Crippen LogP contribution is 2.28. The molecule has 0 fully saturated rings. The number of carbonyl (C=O) groups excluding carboxylic acids is 2. The molecule has 0 spiro atoms. The first-order chi connectivity index (χ1) is 13.8. The third-order valence-corrected chi connectivity index (χ3v) is 5.89. The van der Waals surface area contributed by atoms with E-state index in [1.54, 1.807) is 25.1 Å². The van der Waals surface area contributed by atoms with Crippen LogP contribution in [0.2, 0.25) is 10.0 Å². The summed E-state index contributed by atoms with van der Waals surface area (Å²) in [4.78, 5) is 26.6. The number of rotatable bonds is 8. The van der Waals surface area contributed by atoms with E-state index in [1.165, 1.54) is 11.9 Å². The summed E-state index contributed by atoms with van der Waals surface area (Å²) in [6.07, 6.45) is 0.897. The summed E-state index contributed by atoms with van der Waals surface area (Å²) in [5.41, 5.74) is 1.73. The van der Waals surface area contributed by atoms with E-state index in [9.17, 15) is 9.59 Å². The molecule has 0 bridgehead atoms. The van der Waals surface area contributed by atoms with Gasteiger partial charge in [0.05, 0.1) is 4.47 Å². The molecule has 29 heavy (non-hydrogen) atoms. The highest BCUT2D eigenvalue weighted by Gasteiger charge is 2.27. The lowest BCUT2D eigenvalue weighted by molar-refractivity contribution is -0.142. The molecule has 0 unspecified atom stereocenters. The summed E-state index contributed by atoms with van der Waals surface area (Å²) < 4.78 is 6.47. The Kier molecular flexibility index (Phi) is 8.80. The van der Waals surface area contributed by atoms with E-state index < -0.39 is 6.04 Å². The monoisotopic (exact) mass is 500 g/mol. The predicted octanol–water partition coefficient (Wildman–Crippen LogP) is 4.86. The van der Waals surface area contributed by atoms with Crippen LogP contribution < -0.4 is 10.1 Å². The van der Waals surface area contributed by atoms with Gasteiger partial charge in [-0.05, 0) is 59.1 Å². The van der Waals surface area contributed by atoms with E-state index in [0.717, 1.165) is 16.5 Å². The van der Waals surface area contributed by atoms with Crippen LogP contribution in [0.5, 0.6) is 5.75 Å². The van der Waals surface area contributed by atoms with Gasteiger partial charge in [-0.15, -0.1) is 0 Å². The molecule has 0 saturated heterocycles. The molecule has 2 aromatic rings. The van der Waals surface area contributed by atoms with Crippen molar-refractivity contribution in [2.24, 2.45) is 0 Å². The quantitative estimate of drug-likeness (QED) is 0.561. The van der Waals surface area contributed by atoms with Crippen molar-refractivity contribution in [3.63, 3.8) is 0 Å². The molecule has 5 nitrogen and oxygen atoms in total. The van der Waals surface area contributed by atoms with Crippen molar-refractivity contribution in [3.8, 4) is 5.75 Å². The van der Waals surface area contributed by atoms with Gasteiger partial charge >= 0.3 is 0 Å². The lowest BCUT2D eigenvalue weighted by atomic mass is 10.1. The van der Waals surface area contributed by atoms with Gasteiger partial charge in [0.15, 0.2) is 6.61 Å². The summed E-state index contributed by atoms with van der Waals surface area (Å²) in [6, 6.07) is 10.1. The summed E-state index contributed by atoms with van der Waals surface area (Å²) in [5, 5.41) is 3.42. The molecule has 1 N–H and O–H groups in total. The van der Waals surface area contributed by atoms with Crippen LogP contribution in [0.1, 0.15) is 25.0 Å². The topological polar surface area (TPSA) is 58.6 Å². The number of halogens is 3. The minimum absolute atomic E-state index is 0.0885. The number of aryl methyl sites for hydroxylation is 1. The van der Waals surface area contributed by atoms with Gasteiger partial charge in [-0.25, -0.2) is 0 Å². The number of hydrogen-bond acceptors (Lipinski definition) is 3. The fraction of sp³-hybridized carbons (Fsp3) is 0.333. The zero-order chi connectivity index (χ0) is 21.6. The number of ether oxygens (including phenoxy) is 1. The lowest BCUT2D eigenvalue weighted by Crippen LogP contribution is -2.48. The third-order valence-electron chi connectivity index (χ3n) is 4.56. The SMILES string of the molecule is CCc1ccc(OCC(=O)N(Cc2c(Cl)cccc2Cl)[C@H](C)C(=O)NC)c(Br)c1. The Hall–Kier alpha value is -1.76. The van der Waals surface area contributed by atoms with Crippen LogP contribution in [0.4, 0.5) is 0 Å². The molecule has 0 aliphatic rings. The number of nitrogens with zero attached hydrogens (tertiary/aromatic N) is 1. The number of benzene rings is 2. The number of amides is 2. The van der Waals surface area contributed by atoms with Crippen LogP contribution >= 0.6 is 39.1 Å². The van der Waals surface area contributed by atoms with Crippen molar-refractivity contribution in [2.45, 2.75) is 32.9 Å². The first-order valence-corrected chi connectivity index (χ1v) is 10.7. The molecule has 2 rings (SSSR count). The molecule has 0 heterocycles. The van der Waals surface area contributed by atoms with Crippen molar-refractivity contribution in [1.82, 2.24) is 10.2 Å². The minimum atomic E-state index is -0.727. The van der Waals surface area contributed by atoms with Gasteiger partial charge in [-0.2, -0.15) is 0 Å². The van der Waals surface area contributed by atoms with Crippen LogP contribution in [0, 0.1) is 0 Å². The third kappa shape index (κ3) is 6.11. The molecule has 156 valence electrons. The second-order valence-corrected chi connectivity index (χ2v) is 8.09. The Balaban J connectivity index is 2.21. The van der Waals surface area contributed by atoms with Gasteiger partial charge < -0.3 is 15.0 Å². The molecule has 2 aromatic carbocycles. The van der Waals surface area contributed by atoms with Crippen LogP contribution in [-0.4, -0.2) is 36.4 Å². The van der Waals surface area contributed by atoms with Crippen molar-refractivity contribution in [1.29, 1.82) is 0 Å². The Morgan fingerprint density at radius 3 is 2.41 bits per heavy atom. The molecule has 8 heteroatoms. The zero-order valence-corrected chi connectivity index (χ0v) is 19.6. The largest absolute Gasteiger partial charge is 0.483 e. The fourth-order valence-electron chi connectivity index (χ4n) is 2.75. The molecular formula is C21H23BrCl2N2O3. The maximum absolute atomic E-state index is 13.0.